The van der Waals surface area contributed by atoms with E-state index < -0.39 is 0 Å². The normalized spacial score (nSPS) is 11.9. The standard InChI is InChI=1S/C19H26N2O4S/c1-21(2)14(17-7-6-8-26-17)12-20-18(22)11-13-9-15(23-3)19(25-5)16(10-13)24-4/h6-10,14H,11-12H2,1-5H3,(H,20,22)/p+1/t14-/m0/s1. The van der Waals surface area contributed by atoms with Gasteiger partial charge in [0.05, 0.1) is 53.3 Å². The first kappa shape index (κ1) is 20.1. The second kappa shape index (κ2) is 9.45. The van der Waals surface area contributed by atoms with Crippen LogP contribution in [0.3, 0.4) is 0 Å². The van der Waals surface area contributed by atoms with Gasteiger partial charge in [0, 0.05) is 0 Å². The molecule has 0 bridgehead atoms. The lowest BCUT2D eigenvalue weighted by atomic mass is 10.1. The summed E-state index contributed by atoms with van der Waals surface area (Å²) in [4.78, 5) is 15.0. The summed E-state index contributed by atoms with van der Waals surface area (Å²) in [5.74, 6) is 1.57. The highest BCUT2D eigenvalue weighted by molar-refractivity contribution is 7.10. The molecule has 0 saturated heterocycles. The van der Waals surface area contributed by atoms with Gasteiger partial charge in [-0.25, -0.2) is 0 Å². The lowest BCUT2D eigenvalue weighted by Crippen LogP contribution is -3.06. The van der Waals surface area contributed by atoms with Crippen LogP contribution in [0.4, 0.5) is 0 Å². The van der Waals surface area contributed by atoms with Gasteiger partial charge in [-0.05, 0) is 29.1 Å². The van der Waals surface area contributed by atoms with Gasteiger partial charge in [0.1, 0.15) is 6.04 Å². The van der Waals surface area contributed by atoms with E-state index in [0.29, 0.717) is 23.8 Å². The number of quaternary nitrogens is 1. The first-order valence-electron chi connectivity index (χ1n) is 8.39. The maximum absolute atomic E-state index is 12.4. The minimum absolute atomic E-state index is 0.0397. The zero-order valence-electron chi connectivity index (χ0n) is 15.9. The maximum Gasteiger partial charge on any atom is 0.224 e. The van der Waals surface area contributed by atoms with Gasteiger partial charge in [0.15, 0.2) is 11.5 Å². The molecule has 1 atom stereocenters. The molecule has 0 fully saturated rings. The van der Waals surface area contributed by atoms with Gasteiger partial charge in [0.2, 0.25) is 11.7 Å². The van der Waals surface area contributed by atoms with Crippen LogP contribution in [-0.4, -0.2) is 47.9 Å². The van der Waals surface area contributed by atoms with Gasteiger partial charge < -0.3 is 24.4 Å². The number of nitrogens with one attached hydrogen (secondary N) is 2. The fourth-order valence-electron chi connectivity index (χ4n) is 2.78. The molecule has 1 aromatic heterocycles. The summed E-state index contributed by atoms with van der Waals surface area (Å²) in [5.41, 5.74) is 0.807. The Bertz CT molecular complexity index is 691. The highest BCUT2D eigenvalue weighted by Crippen LogP contribution is 2.38. The molecule has 0 radical (unpaired) electrons. The zero-order chi connectivity index (χ0) is 19.1. The summed E-state index contributed by atoms with van der Waals surface area (Å²) >= 11 is 1.71. The zero-order valence-corrected chi connectivity index (χ0v) is 16.7. The van der Waals surface area contributed by atoms with Crippen molar-refractivity contribution in [1.29, 1.82) is 0 Å². The molecular weight excluding hydrogens is 352 g/mol. The van der Waals surface area contributed by atoms with Crippen molar-refractivity contribution < 1.29 is 23.9 Å². The largest absolute Gasteiger partial charge is 0.493 e. The average molecular weight is 380 g/mol. The predicted molar refractivity (Wildman–Crippen MR) is 103 cm³/mol. The molecule has 2 aromatic rings. The molecule has 1 heterocycles. The first-order valence-corrected chi connectivity index (χ1v) is 9.27. The fourth-order valence-corrected chi connectivity index (χ4v) is 3.73. The lowest BCUT2D eigenvalue weighted by Gasteiger charge is -2.20. The molecule has 0 aliphatic carbocycles. The molecular formula is C19H27N2O4S+. The molecule has 0 aliphatic rings. The van der Waals surface area contributed by atoms with Crippen molar-refractivity contribution in [3.63, 3.8) is 0 Å². The molecule has 7 heteroatoms. The van der Waals surface area contributed by atoms with E-state index in [4.69, 9.17) is 14.2 Å². The minimum Gasteiger partial charge on any atom is -0.493 e. The van der Waals surface area contributed by atoms with Crippen molar-refractivity contribution in [1.82, 2.24) is 5.32 Å². The Morgan fingerprint density at radius 3 is 2.27 bits per heavy atom. The number of carbonyl (C=O) groups excluding carboxylic acids is 1. The highest BCUT2D eigenvalue weighted by atomic mass is 32.1. The minimum atomic E-state index is -0.0397. The van der Waals surface area contributed by atoms with E-state index >= 15 is 0 Å². The van der Waals surface area contributed by atoms with Crippen molar-refractivity contribution in [3.05, 3.63) is 40.1 Å². The van der Waals surface area contributed by atoms with E-state index in [2.05, 4.69) is 30.9 Å². The van der Waals surface area contributed by atoms with E-state index in [1.807, 2.05) is 6.07 Å². The molecule has 0 saturated carbocycles. The number of ether oxygens (including phenoxy) is 3. The summed E-state index contributed by atoms with van der Waals surface area (Å²) in [6, 6.07) is 7.98. The Morgan fingerprint density at radius 1 is 1.15 bits per heavy atom. The number of thiophene rings is 1. The number of hydrogen-bond donors (Lipinski definition) is 2. The fraction of sp³-hybridized carbons (Fsp3) is 0.421. The third kappa shape index (κ3) is 4.89. The third-order valence-electron chi connectivity index (χ3n) is 4.18. The Labute approximate surface area is 158 Å². The summed E-state index contributed by atoms with van der Waals surface area (Å²) in [5, 5.41) is 5.10. The van der Waals surface area contributed by atoms with Crippen molar-refractivity contribution in [2.45, 2.75) is 12.5 Å². The first-order chi connectivity index (χ1) is 12.5. The monoisotopic (exact) mass is 379 g/mol. The lowest BCUT2D eigenvalue weighted by molar-refractivity contribution is -0.890. The van der Waals surface area contributed by atoms with Crippen molar-refractivity contribution >= 4 is 17.2 Å². The number of hydrogen-bond acceptors (Lipinski definition) is 5. The smallest absolute Gasteiger partial charge is 0.224 e. The number of likely N-dealkylation sites (N-methyl/N-ethyl adjacent to an activating group) is 1. The average Bonchev–Trinajstić information content (AvgIpc) is 3.14. The second-order valence-corrected chi connectivity index (χ2v) is 7.14. The maximum atomic E-state index is 12.4. The van der Waals surface area contributed by atoms with Gasteiger partial charge in [-0.1, -0.05) is 6.07 Å². The summed E-state index contributed by atoms with van der Waals surface area (Å²) in [7, 11) is 8.87. The molecule has 142 valence electrons. The van der Waals surface area contributed by atoms with E-state index in [0.717, 1.165) is 5.56 Å². The number of amides is 1. The molecule has 1 amide bonds. The topological polar surface area (TPSA) is 61.2 Å². The number of carbonyl (C=O) groups is 1. The summed E-state index contributed by atoms with van der Waals surface area (Å²) in [6.45, 7) is 0.589. The van der Waals surface area contributed by atoms with Crippen LogP contribution in [0.15, 0.2) is 29.6 Å². The van der Waals surface area contributed by atoms with Crippen LogP contribution >= 0.6 is 11.3 Å². The molecule has 1 aromatic carbocycles. The van der Waals surface area contributed by atoms with E-state index in [-0.39, 0.29) is 18.4 Å². The number of benzene rings is 1. The summed E-state index contributed by atoms with van der Waals surface area (Å²) in [6.07, 6.45) is 0.247. The molecule has 26 heavy (non-hydrogen) atoms. The van der Waals surface area contributed by atoms with Gasteiger partial charge in [0.25, 0.3) is 0 Å². The van der Waals surface area contributed by atoms with E-state index in [1.165, 1.54) is 9.78 Å². The second-order valence-electron chi connectivity index (χ2n) is 6.16. The van der Waals surface area contributed by atoms with Gasteiger partial charge >= 0.3 is 0 Å². The van der Waals surface area contributed by atoms with Crippen molar-refractivity contribution in [2.24, 2.45) is 0 Å². The highest BCUT2D eigenvalue weighted by Gasteiger charge is 2.20. The summed E-state index contributed by atoms with van der Waals surface area (Å²) < 4.78 is 16.0. The quantitative estimate of drug-likeness (QED) is 0.690. The Kier molecular flexibility index (Phi) is 7.29. The molecule has 0 aliphatic heterocycles. The molecule has 0 unspecified atom stereocenters. The van der Waals surface area contributed by atoms with E-state index in [1.54, 1.807) is 44.8 Å². The molecule has 6 nitrogen and oxygen atoms in total. The van der Waals surface area contributed by atoms with Crippen LogP contribution in [0, 0.1) is 0 Å². The van der Waals surface area contributed by atoms with Gasteiger partial charge in [-0.15, -0.1) is 11.3 Å². The van der Waals surface area contributed by atoms with Gasteiger partial charge in [-0.2, -0.15) is 0 Å². The van der Waals surface area contributed by atoms with Crippen LogP contribution in [0.5, 0.6) is 17.2 Å². The van der Waals surface area contributed by atoms with Crippen LogP contribution < -0.4 is 24.4 Å². The molecule has 2 N–H and O–H groups in total. The third-order valence-corrected chi connectivity index (χ3v) is 5.16. The number of rotatable bonds is 9. The van der Waals surface area contributed by atoms with Crippen molar-refractivity contribution in [3.8, 4) is 17.2 Å². The van der Waals surface area contributed by atoms with Gasteiger partial charge in [-0.3, -0.25) is 4.79 Å². The predicted octanol–water partition coefficient (Wildman–Crippen LogP) is 1.32. The van der Waals surface area contributed by atoms with Crippen LogP contribution in [0.25, 0.3) is 0 Å². The Hall–Kier alpha value is -2.25. The van der Waals surface area contributed by atoms with Crippen LogP contribution in [0.2, 0.25) is 0 Å². The number of methoxy groups -OCH3 is 3. The Balaban J connectivity index is 2.05. The van der Waals surface area contributed by atoms with E-state index in [9.17, 15) is 4.79 Å². The van der Waals surface area contributed by atoms with Crippen LogP contribution in [-0.2, 0) is 11.2 Å². The van der Waals surface area contributed by atoms with Crippen LogP contribution in [0.1, 0.15) is 16.5 Å². The van der Waals surface area contributed by atoms with Crippen molar-refractivity contribution in [2.75, 3.05) is 42.0 Å². The molecule has 2 rings (SSSR count). The SMILES string of the molecule is COc1cc(CC(=O)NC[C@@H](c2cccs2)[NH+](C)C)cc(OC)c1OC. The Morgan fingerprint density at radius 2 is 1.81 bits per heavy atom. The molecule has 0 spiro atoms.